The van der Waals surface area contributed by atoms with Gasteiger partial charge in [-0.05, 0) is 0 Å². The Kier molecular flexibility index (Phi) is 1.07. The van der Waals surface area contributed by atoms with Gasteiger partial charge >= 0.3 is 0 Å². The Morgan fingerprint density at radius 1 is 1.50 bits per heavy atom. The van der Waals surface area contributed by atoms with Gasteiger partial charge in [-0.2, -0.15) is 5.10 Å². The second-order valence-electron chi connectivity index (χ2n) is 2.96. The van der Waals surface area contributed by atoms with Gasteiger partial charge < -0.3 is 9.88 Å². The monoisotopic (exact) mass is 163 g/mol. The molecule has 5 heteroatoms. The number of fused-ring (bicyclic) bond motifs is 3. The van der Waals surface area contributed by atoms with Gasteiger partial charge in [-0.25, -0.2) is 4.98 Å². The highest BCUT2D eigenvalue weighted by Crippen LogP contribution is 2.14. The van der Waals surface area contributed by atoms with E-state index in [1.54, 1.807) is 0 Å². The molecule has 1 aliphatic heterocycles. The van der Waals surface area contributed by atoms with Gasteiger partial charge in [0.15, 0.2) is 5.65 Å². The van der Waals surface area contributed by atoms with Crippen LogP contribution in [-0.4, -0.2) is 26.3 Å². The molecule has 0 fully saturated rings. The molecule has 1 aliphatic rings. The molecule has 0 spiro atoms. The third kappa shape index (κ3) is 0.660. The number of aromatic amines is 1. The molecule has 0 bridgehead atoms. The van der Waals surface area contributed by atoms with Gasteiger partial charge in [0.05, 0.1) is 12.7 Å². The highest BCUT2D eigenvalue weighted by atomic mass is 15.2. The van der Waals surface area contributed by atoms with Crippen LogP contribution in [0, 0.1) is 0 Å². The number of nitrogens with zero attached hydrogens (tertiary/aromatic N) is 3. The van der Waals surface area contributed by atoms with Crippen LogP contribution in [0.5, 0.6) is 0 Å². The van der Waals surface area contributed by atoms with E-state index in [4.69, 9.17) is 0 Å². The molecule has 0 saturated carbocycles. The highest BCUT2D eigenvalue weighted by Gasteiger charge is 2.14. The molecule has 0 amide bonds. The first-order valence-corrected chi connectivity index (χ1v) is 4.04. The number of H-pyrrole nitrogens is 1. The molecule has 0 unspecified atom stereocenters. The van der Waals surface area contributed by atoms with E-state index in [0.29, 0.717) is 0 Å². The maximum atomic E-state index is 4.40. The number of rotatable bonds is 0. The van der Waals surface area contributed by atoms with E-state index in [2.05, 4.69) is 25.1 Å². The fourth-order valence-corrected chi connectivity index (χ4v) is 1.66. The number of hydrogen-bond donors (Lipinski definition) is 2. The van der Waals surface area contributed by atoms with Crippen LogP contribution in [0.4, 0.5) is 0 Å². The zero-order chi connectivity index (χ0) is 7.97. The van der Waals surface area contributed by atoms with Gasteiger partial charge in [0.1, 0.15) is 11.3 Å². The van der Waals surface area contributed by atoms with Crippen molar-refractivity contribution in [3.05, 3.63) is 12.0 Å². The lowest BCUT2D eigenvalue weighted by molar-refractivity contribution is 0.514. The summed E-state index contributed by atoms with van der Waals surface area (Å²) < 4.78 is 2.20. The molecule has 0 aromatic carbocycles. The van der Waals surface area contributed by atoms with Crippen LogP contribution in [0.15, 0.2) is 6.20 Å². The second kappa shape index (κ2) is 2.07. The Morgan fingerprint density at radius 2 is 2.50 bits per heavy atom. The first kappa shape index (κ1) is 6.19. The van der Waals surface area contributed by atoms with Crippen molar-refractivity contribution in [2.45, 2.75) is 13.1 Å². The highest BCUT2D eigenvalue weighted by molar-refractivity contribution is 5.70. The van der Waals surface area contributed by atoms with Crippen molar-refractivity contribution >= 4 is 11.2 Å². The summed E-state index contributed by atoms with van der Waals surface area (Å²) in [4.78, 5) is 4.40. The van der Waals surface area contributed by atoms with Crippen molar-refractivity contribution < 1.29 is 0 Å². The molecule has 2 aromatic rings. The lowest BCUT2D eigenvalue weighted by Gasteiger charge is -2.14. The number of aromatic nitrogens is 4. The summed E-state index contributed by atoms with van der Waals surface area (Å²) >= 11 is 0. The van der Waals surface area contributed by atoms with E-state index in [1.807, 2.05) is 6.20 Å². The summed E-state index contributed by atoms with van der Waals surface area (Å²) in [6.07, 6.45) is 1.83. The minimum atomic E-state index is 0.864. The molecule has 5 nitrogen and oxygen atoms in total. The van der Waals surface area contributed by atoms with Gasteiger partial charge in [-0.15, -0.1) is 0 Å². The van der Waals surface area contributed by atoms with Crippen LogP contribution >= 0.6 is 0 Å². The normalized spacial score (nSPS) is 16.7. The van der Waals surface area contributed by atoms with E-state index in [1.165, 1.54) is 0 Å². The molecule has 2 aromatic heterocycles. The van der Waals surface area contributed by atoms with Crippen LogP contribution in [-0.2, 0) is 13.1 Å². The van der Waals surface area contributed by atoms with E-state index >= 15 is 0 Å². The standard InChI is InChI=1S/C7H9N5/c1-2-12-5-3-9-11-7(5)10-6(12)4-8-1/h3,8H,1-2,4H2,(H,9,11). The maximum absolute atomic E-state index is 4.40. The van der Waals surface area contributed by atoms with Crippen molar-refractivity contribution in [2.75, 3.05) is 6.54 Å². The van der Waals surface area contributed by atoms with E-state index < -0.39 is 0 Å². The van der Waals surface area contributed by atoms with Crippen LogP contribution < -0.4 is 5.32 Å². The molecule has 3 rings (SSSR count). The molecule has 12 heavy (non-hydrogen) atoms. The average Bonchev–Trinajstić information content (AvgIpc) is 2.62. The fraction of sp³-hybridized carbons (Fsp3) is 0.429. The number of hydrogen-bond acceptors (Lipinski definition) is 3. The number of nitrogens with one attached hydrogen (secondary N) is 2. The van der Waals surface area contributed by atoms with Gasteiger partial charge in [-0.1, -0.05) is 0 Å². The van der Waals surface area contributed by atoms with E-state index in [-0.39, 0.29) is 0 Å². The molecular weight excluding hydrogens is 154 g/mol. The van der Waals surface area contributed by atoms with Gasteiger partial charge in [0.25, 0.3) is 0 Å². The van der Waals surface area contributed by atoms with Gasteiger partial charge in [0, 0.05) is 13.1 Å². The Hall–Kier alpha value is -1.36. The van der Waals surface area contributed by atoms with Gasteiger partial charge in [-0.3, -0.25) is 5.10 Å². The molecule has 0 radical (unpaired) electrons. The zero-order valence-electron chi connectivity index (χ0n) is 6.54. The lowest BCUT2D eigenvalue weighted by Crippen LogP contribution is -2.28. The predicted octanol–water partition coefficient (Wildman–Crippen LogP) is -0.137. The second-order valence-corrected chi connectivity index (χ2v) is 2.96. The molecule has 3 heterocycles. The first-order chi connectivity index (χ1) is 5.95. The molecule has 0 atom stereocenters. The van der Waals surface area contributed by atoms with Crippen LogP contribution in [0.25, 0.3) is 11.2 Å². The summed E-state index contributed by atoms with van der Waals surface area (Å²) in [7, 11) is 0. The molecule has 0 saturated heterocycles. The smallest absolute Gasteiger partial charge is 0.174 e. The van der Waals surface area contributed by atoms with E-state index in [0.717, 1.165) is 36.6 Å². The Balaban J connectivity index is 2.34. The number of imidazole rings is 1. The molecule has 2 N–H and O–H groups in total. The largest absolute Gasteiger partial charge is 0.323 e. The zero-order valence-corrected chi connectivity index (χ0v) is 6.54. The Morgan fingerprint density at radius 3 is 3.50 bits per heavy atom. The van der Waals surface area contributed by atoms with Crippen LogP contribution in [0.1, 0.15) is 5.82 Å². The SMILES string of the molecule is c1n[nH]c2nc3n(c12)CCNC3. The summed E-state index contributed by atoms with van der Waals surface area (Å²) in [5.41, 5.74) is 2.01. The molecule has 0 aliphatic carbocycles. The van der Waals surface area contributed by atoms with Crippen molar-refractivity contribution in [2.24, 2.45) is 0 Å². The third-order valence-electron chi connectivity index (χ3n) is 2.24. The average molecular weight is 163 g/mol. The Labute approximate surface area is 68.8 Å². The summed E-state index contributed by atoms with van der Waals surface area (Å²) in [5.74, 6) is 1.10. The van der Waals surface area contributed by atoms with Gasteiger partial charge in [0.2, 0.25) is 0 Å². The summed E-state index contributed by atoms with van der Waals surface area (Å²) in [6, 6.07) is 0. The van der Waals surface area contributed by atoms with Crippen molar-refractivity contribution in [3.8, 4) is 0 Å². The van der Waals surface area contributed by atoms with E-state index in [9.17, 15) is 0 Å². The molecule has 62 valence electrons. The fourth-order valence-electron chi connectivity index (χ4n) is 1.66. The molecular formula is C7H9N5. The quantitative estimate of drug-likeness (QED) is 0.568. The lowest BCUT2D eigenvalue weighted by atomic mass is 10.4. The van der Waals surface area contributed by atoms with Crippen LogP contribution in [0.3, 0.4) is 0 Å². The minimum Gasteiger partial charge on any atom is -0.323 e. The maximum Gasteiger partial charge on any atom is 0.174 e. The third-order valence-corrected chi connectivity index (χ3v) is 2.24. The first-order valence-electron chi connectivity index (χ1n) is 4.04. The topological polar surface area (TPSA) is 58.5 Å². The summed E-state index contributed by atoms with van der Waals surface area (Å²) in [5, 5.41) is 10.1. The van der Waals surface area contributed by atoms with Crippen molar-refractivity contribution in [1.82, 2.24) is 25.1 Å². The van der Waals surface area contributed by atoms with Crippen molar-refractivity contribution in [1.29, 1.82) is 0 Å². The summed E-state index contributed by atoms with van der Waals surface area (Å²) in [6.45, 7) is 2.87. The Bertz CT molecular complexity index is 412. The minimum absolute atomic E-state index is 0.864. The van der Waals surface area contributed by atoms with Crippen LogP contribution in [0.2, 0.25) is 0 Å². The van der Waals surface area contributed by atoms with Crippen molar-refractivity contribution in [3.63, 3.8) is 0 Å². The predicted molar refractivity (Wildman–Crippen MR) is 43.6 cm³/mol.